The number of aromatic amines is 1. The van der Waals surface area contributed by atoms with Gasteiger partial charge < -0.3 is 9.72 Å². The van der Waals surface area contributed by atoms with Crippen molar-refractivity contribution in [3.05, 3.63) is 45.2 Å². The average Bonchev–Trinajstić information content (AvgIpc) is 2.46. The second-order valence-corrected chi connectivity index (χ2v) is 5.33. The minimum Gasteiger partial charge on any atom is -0.376 e. The highest BCUT2D eigenvalue weighted by atomic mass is 16.5. The van der Waals surface area contributed by atoms with E-state index in [2.05, 4.69) is 24.9 Å². The van der Waals surface area contributed by atoms with Gasteiger partial charge in [-0.2, -0.15) is 0 Å². The van der Waals surface area contributed by atoms with Gasteiger partial charge in [-0.1, -0.05) is 19.9 Å². The fourth-order valence-electron chi connectivity index (χ4n) is 2.65. The quantitative estimate of drug-likeness (QED) is 0.898. The zero-order valence-electron chi connectivity index (χ0n) is 11.5. The van der Waals surface area contributed by atoms with Crippen LogP contribution in [0.4, 0.5) is 0 Å². The van der Waals surface area contributed by atoms with Crippen molar-refractivity contribution in [2.24, 2.45) is 0 Å². The fraction of sp³-hybridized carbons (Fsp3) is 0.438. The van der Waals surface area contributed by atoms with Crippen LogP contribution in [0.25, 0.3) is 10.9 Å². The standard InChI is InChI=1S/C16H19NO2/c1-3-10(2)11-4-5-14-12(8-11)16(18)13-9-19-7-6-15(13)17-14/h4-5,8,10H,3,6-7,9H2,1-2H3,(H,17,18). The van der Waals surface area contributed by atoms with Crippen LogP contribution in [0, 0.1) is 0 Å². The summed E-state index contributed by atoms with van der Waals surface area (Å²) in [5.74, 6) is 0.482. The Morgan fingerprint density at radius 2 is 2.26 bits per heavy atom. The summed E-state index contributed by atoms with van der Waals surface area (Å²) in [6.07, 6.45) is 1.88. The largest absolute Gasteiger partial charge is 0.376 e. The van der Waals surface area contributed by atoms with Gasteiger partial charge in [0.15, 0.2) is 5.43 Å². The van der Waals surface area contributed by atoms with Crippen LogP contribution in [-0.4, -0.2) is 11.6 Å². The van der Waals surface area contributed by atoms with Crippen LogP contribution in [0.5, 0.6) is 0 Å². The number of hydrogen-bond acceptors (Lipinski definition) is 2. The third-order valence-corrected chi connectivity index (χ3v) is 4.14. The van der Waals surface area contributed by atoms with Gasteiger partial charge in [0.1, 0.15) is 0 Å². The molecule has 1 unspecified atom stereocenters. The van der Waals surface area contributed by atoms with E-state index in [-0.39, 0.29) is 5.43 Å². The number of fused-ring (bicyclic) bond motifs is 2. The van der Waals surface area contributed by atoms with E-state index < -0.39 is 0 Å². The van der Waals surface area contributed by atoms with E-state index in [1.807, 2.05) is 12.1 Å². The van der Waals surface area contributed by atoms with Crippen molar-refractivity contribution in [3.63, 3.8) is 0 Å². The van der Waals surface area contributed by atoms with Gasteiger partial charge in [0.2, 0.25) is 0 Å². The lowest BCUT2D eigenvalue weighted by molar-refractivity contribution is 0.109. The maximum Gasteiger partial charge on any atom is 0.195 e. The van der Waals surface area contributed by atoms with Crippen molar-refractivity contribution in [3.8, 4) is 0 Å². The van der Waals surface area contributed by atoms with E-state index in [9.17, 15) is 4.79 Å². The Morgan fingerprint density at radius 1 is 1.42 bits per heavy atom. The van der Waals surface area contributed by atoms with E-state index >= 15 is 0 Å². The number of pyridine rings is 1. The van der Waals surface area contributed by atoms with Crippen molar-refractivity contribution in [2.45, 2.75) is 39.2 Å². The first-order valence-corrected chi connectivity index (χ1v) is 6.96. The number of hydrogen-bond donors (Lipinski definition) is 1. The summed E-state index contributed by atoms with van der Waals surface area (Å²) in [6.45, 7) is 5.49. The Labute approximate surface area is 112 Å². The summed E-state index contributed by atoms with van der Waals surface area (Å²) in [5.41, 5.74) is 4.16. The predicted molar refractivity (Wildman–Crippen MR) is 76.6 cm³/mol. The molecule has 19 heavy (non-hydrogen) atoms. The van der Waals surface area contributed by atoms with Gasteiger partial charge in [-0.05, 0) is 30.0 Å². The van der Waals surface area contributed by atoms with Crippen molar-refractivity contribution < 1.29 is 4.74 Å². The van der Waals surface area contributed by atoms with Crippen LogP contribution < -0.4 is 5.43 Å². The van der Waals surface area contributed by atoms with Gasteiger partial charge in [0.05, 0.1) is 13.2 Å². The van der Waals surface area contributed by atoms with Gasteiger partial charge in [-0.25, -0.2) is 0 Å². The third-order valence-electron chi connectivity index (χ3n) is 4.14. The molecule has 0 bridgehead atoms. The van der Waals surface area contributed by atoms with Crippen molar-refractivity contribution >= 4 is 10.9 Å². The molecule has 0 aliphatic carbocycles. The third kappa shape index (κ3) is 2.08. The topological polar surface area (TPSA) is 42.1 Å². The maximum absolute atomic E-state index is 12.5. The molecule has 2 aromatic rings. The summed E-state index contributed by atoms with van der Waals surface area (Å²) >= 11 is 0. The molecule has 0 spiro atoms. The van der Waals surface area contributed by atoms with Gasteiger partial charge in [-0.15, -0.1) is 0 Å². The fourth-order valence-corrected chi connectivity index (χ4v) is 2.65. The molecule has 1 aliphatic rings. The first-order chi connectivity index (χ1) is 9.20. The molecule has 3 nitrogen and oxygen atoms in total. The number of nitrogens with one attached hydrogen (secondary N) is 1. The molecule has 3 heteroatoms. The summed E-state index contributed by atoms with van der Waals surface area (Å²) < 4.78 is 5.40. The first-order valence-electron chi connectivity index (χ1n) is 6.96. The van der Waals surface area contributed by atoms with Crippen molar-refractivity contribution in [1.82, 2.24) is 4.98 Å². The number of aromatic nitrogens is 1. The van der Waals surface area contributed by atoms with Gasteiger partial charge >= 0.3 is 0 Å². The van der Waals surface area contributed by atoms with E-state index in [1.54, 1.807) is 0 Å². The highest BCUT2D eigenvalue weighted by Gasteiger charge is 2.16. The zero-order chi connectivity index (χ0) is 13.4. The highest BCUT2D eigenvalue weighted by Crippen LogP contribution is 2.23. The number of ether oxygens (including phenoxy) is 1. The number of benzene rings is 1. The van der Waals surface area contributed by atoms with Gasteiger partial charge in [0.25, 0.3) is 0 Å². The molecule has 1 N–H and O–H groups in total. The molecule has 2 heterocycles. The van der Waals surface area contributed by atoms with Crippen LogP contribution >= 0.6 is 0 Å². The molecule has 100 valence electrons. The number of rotatable bonds is 2. The molecule has 0 saturated carbocycles. The van der Waals surface area contributed by atoms with Crippen LogP contribution in [0.15, 0.2) is 23.0 Å². The lowest BCUT2D eigenvalue weighted by Crippen LogP contribution is -2.21. The summed E-state index contributed by atoms with van der Waals surface area (Å²) in [6, 6.07) is 6.20. The SMILES string of the molecule is CCC(C)c1ccc2[nH]c3c(c(=O)c2c1)COCC3. The molecular formula is C16H19NO2. The van der Waals surface area contributed by atoms with Crippen molar-refractivity contribution in [1.29, 1.82) is 0 Å². The molecule has 0 fully saturated rings. The Morgan fingerprint density at radius 3 is 3.05 bits per heavy atom. The molecule has 1 aromatic heterocycles. The Bertz CT molecular complexity index is 672. The summed E-state index contributed by atoms with van der Waals surface area (Å²) in [4.78, 5) is 15.9. The monoisotopic (exact) mass is 257 g/mol. The highest BCUT2D eigenvalue weighted by molar-refractivity contribution is 5.80. The molecule has 1 aromatic carbocycles. The summed E-state index contributed by atoms with van der Waals surface area (Å²) in [5, 5.41) is 0.794. The Hall–Kier alpha value is -1.61. The minimum atomic E-state index is 0.133. The molecule has 0 radical (unpaired) electrons. The second-order valence-electron chi connectivity index (χ2n) is 5.33. The van der Waals surface area contributed by atoms with Crippen LogP contribution in [0.3, 0.4) is 0 Å². The van der Waals surface area contributed by atoms with Crippen LogP contribution in [-0.2, 0) is 17.8 Å². The Balaban J connectivity index is 2.23. The van der Waals surface area contributed by atoms with Gasteiger partial charge in [-0.3, -0.25) is 4.79 Å². The zero-order valence-corrected chi connectivity index (χ0v) is 11.5. The van der Waals surface area contributed by atoms with Crippen LogP contribution in [0.2, 0.25) is 0 Å². The molecule has 1 atom stereocenters. The lowest BCUT2D eigenvalue weighted by Gasteiger charge is -2.17. The maximum atomic E-state index is 12.5. The van der Waals surface area contributed by atoms with Gasteiger partial charge in [0, 0.05) is 28.6 Å². The summed E-state index contributed by atoms with van der Waals surface area (Å²) in [7, 11) is 0. The molecule has 0 amide bonds. The second kappa shape index (κ2) is 4.82. The lowest BCUT2D eigenvalue weighted by atomic mass is 9.96. The van der Waals surface area contributed by atoms with E-state index in [0.29, 0.717) is 19.1 Å². The molecule has 3 rings (SSSR count). The predicted octanol–water partition coefficient (Wildman–Crippen LogP) is 3.11. The van der Waals surface area contributed by atoms with E-state index in [1.165, 1.54) is 5.56 Å². The smallest absolute Gasteiger partial charge is 0.195 e. The normalized spacial score (nSPS) is 16.3. The molecule has 0 saturated heterocycles. The van der Waals surface area contributed by atoms with Crippen LogP contribution in [0.1, 0.15) is 43.0 Å². The average molecular weight is 257 g/mol. The minimum absolute atomic E-state index is 0.133. The molecule has 1 aliphatic heterocycles. The van der Waals surface area contributed by atoms with Crippen molar-refractivity contribution in [2.75, 3.05) is 6.61 Å². The van der Waals surface area contributed by atoms with E-state index in [0.717, 1.165) is 35.0 Å². The molecular weight excluding hydrogens is 238 g/mol. The van der Waals surface area contributed by atoms with E-state index in [4.69, 9.17) is 4.74 Å². The number of H-pyrrole nitrogens is 1. The first kappa shape index (κ1) is 12.4. The Kier molecular flexibility index (Phi) is 3.15.